The maximum atomic E-state index is 7.79. The van der Waals surface area contributed by atoms with Crippen LogP contribution in [0.1, 0.15) is 12.0 Å². The number of nitrogens with one attached hydrogen (secondary N) is 1. The molecule has 1 heterocycles. The molecule has 0 unspecified atom stereocenters. The number of nitrogen functional groups attached to an aromatic ring is 1. The highest BCUT2D eigenvalue weighted by Gasteiger charge is 2.13. The summed E-state index contributed by atoms with van der Waals surface area (Å²) in [6.45, 7) is 1.90. The van der Waals surface area contributed by atoms with Crippen LogP contribution in [0.15, 0.2) is 30.3 Å². The van der Waals surface area contributed by atoms with Crippen LogP contribution in [-0.2, 0) is 0 Å². The van der Waals surface area contributed by atoms with Gasteiger partial charge in [0, 0.05) is 19.0 Å². The second-order valence-electron chi connectivity index (χ2n) is 5.54. The summed E-state index contributed by atoms with van der Waals surface area (Å²) >= 11 is 0. The van der Waals surface area contributed by atoms with Crippen LogP contribution in [0.5, 0.6) is 0 Å². The lowest BCUT2D eigenvalue weighted by Crippen LogP contribution is -2.27. The Bertz CT molecular complexity index is 636. The normalized spacial score (nSPS) is 11.0. The van der Waals surface area contributed by atoms with Crippen LogP contribution in [0.25, 0.3) is 10.9 Å². The summed E-state index contributed by atoms with van der Waals surface area (Å²) in [7, 11) is 6.13. The highest BCUT2D eigenvalue weighted by molar-refractivity contribution is 6.02. The van der Waals surface area contributed by atoms with Gasteiger partial charge in [0.05, 0.1) is 11.1 Å². The topological polar surface area (TPSA) is 69.2 Å². The van der Waals surface area contributed by atoms with Gasteiger partial charge in [0.25, 0.3) is 0 Å². The Labute approximate surface area is 125 Å². The third kappa shape index (κ3) is 3.70. The van der Waals surface area contributed by atoms with E-state index in [1.165, 1.54) is 0 Å². The molecular weight excluding hydrogens is 262 g/mol. The van der Waals surface area contributed by atoms with Crippen molar-refractivity contribution in [1.29, 1.82) is 5.41 Å². The maximum Gasteiger partial charge on any atom is 0.140 e. The van der Waals surface area contributed by atoms with Gasteiger partial charge in [-0.3, -0.25) is 5.41 Å². The lowest BCUT2D eigenvalue weighted by atomic mass is 10.1. The Hall–Kier alpha value is -2.14. The minimum atomic E-state index is 0.0581. The molecule has 0 aliphatic heterocycles. The molecule has 1 aromatic carbocycles. The molecule has 5 nitrogen and oxygen atoms in total. The first-order valence-electron chi connectivity index (χ1n) is 7.09. The standard InChI is InChI=1S/C16H23N5/c1-20(2)9-6-10-21(3)16-13(15(17)18)11-12-7-4-5-8-14(12)19-16/h4-5,7-8,11H,6,9-10H2,1-3H3,(H3,17,18). The fourth-order valence-electron chi connectivity index (χ4n) is 2.32. The molecule has 112 valence electrons. The molecule has 0 atom stereocenters. The summed E-state index contributed by atoms with van der Waals surface area (Å²) in [5.74, 6) is 0.836. The van der Waals surface area contributed by atoms with E-state index in [9.17, 15) is 0 Å². The molecule has 0 bridgehead atoms. The van der Waals surface area contributed by atoms with Gasteiger partial charge in [0.15, 0.2) is 0 Å². The smallest absolute Gasteiger partial charge is 0.140 e. The van der Waals surface area contributed by atoms with E-state index in [1.807, 2.05) is 37.4 Å². The minimum absolute atomic E-state index is 0.0581. The number of nitrogens with zero attached hydrogens (tertiary/aromatic N) is 3. The summed E-state index contributed by atoms with van der Waals surface area (Å²) in [6.07, 6.45) is 1.04. The van der Waals surface area contributed by atoms with E-state index in [0.29, 0.717) is 5.56 Å². The molecule has 0 amide bonds. The van der Waals surface area contributed by atoms with Crippen LogP contribution in [0, 0.1) is 5.41 Å². The molecule has 3 N–H and O–H groups in total. The van der Waals surface area contributed by atoms with Crippen molar-refractivity contribution >= 4 is 22.6 Å². The van der Waals surface area contributed by atoms with Crippen molar-refractivity contribution in [3.05, 3.63) is 35.9 Å². The molecule has 2 rings (SSSR count). The Morgan fingerprint density at radius 2 is 1.90 bits per heavy atom. The van der Waals surface area contributed by atoms with Crippen LogP contribution < -0.4 is 10.6 Å². The monoisotopic (exact) mass is 285 g/mol. The minimum Gasteiger partial charge on any atom is -0.384 e. The van der Waals surface area contributed by atoms with E-state index in [4.69, 9.17) is 11.1 Å². The SMILES string of the molecule is CN(C)CCCN(C)c1nc2ccccc2cc1C(=N)N. The number of nitrogens with two attached hydrogens (primary N) is 1. The van der Waals surface area contributed by atoms with Crippen LogP contribution in [0.4, 0.5) is 5.82 Å². The van der Waals surface area contributed by atoms with Crippen LogP contribution in [-0.4, -0.2) is 50.0 Å². The zero-order valence-electron chi connectivity index (χ0n) is 12.9. The molecule has 1 aromatic heterocycles. The van der Waals surface area contributed by atoms with Crippen LogP contribution in [0.2, 0.25) is 0 Å². The highest BCUT2D eigenvalue weighted by Crippen LogP contribution is 2.22. The van der Waals surface area contributed by atoms with Gasteiger partial charge >= 0.3 is 0 Å². The molecule has 0 aliphatic carbocycles. The Kier molecular flexibility index (Phi) is 4.75. The Morgan fingerprint density at radius 1 is 1.19 bits per heavy atom. The van der Waals surface area contributed by atoms with Gasteiger partial charge in [-0.05, 0) is 39.2 Å². The van der Waals surface area contributed by atoms with Gasteiger partial charge in [-0.25, -0.2) is 4.98 Å². The van der Waals surface area contributed by atoms with Crippen molar-refractivity contribution in [1.82, 2.24) is 9.88 Å². The van der Waals surface area contributed by atoms with Gasteiger partial charge in [-0.1, -0.05) is 18.2 Å². The Morgan fingerprint density at radius 3 is 2.57 bits per heavy atom. The number of rotatable bonds is 6. The lowest BCUT2D eigenvalue weighted by Gasteiger charge is -2.22. The van der Waals surface area contributed by atoms with Crippen molar-refractivity contribution < 1.29 is 0 Å². The van der Waals surface area contributed by atoms with E-state index in [-0.39, 0.29) is 5.84 Å². The van der Waals surface area contributed by atoms with Gasteiger partial charge in [-0.15, -0.1) is 0 Å². The zero-order valence-corrected chi connectivity index (χ0v) is 12.9. The third-order valence-corrected chi connectivity index (χ3v) is 3.45. The van der Waals surface area contributed by atoms with Crippen molar-refractivity contribution in [2.75, 3.05) is 39.1 Å². The predicted molar refractivity (Wildman–Crippen MR) is 89.2 cm³/mol. The first-order valence-corrected chi connectivity index (χ1v) is 7.09. The molecule has 0 fully saturated rings. The molecule has 21 heavy (non-hydrogen) atoms. The largest absolute Gasteiger partial charge is 0.384 e. The van der Waals surface area contributed by atoms with Crippen molar-refractivity contribution in [3.63, 3.8) is 0 Å². The summed E-state index contributed by atoms with van der Waals surface area (Å²) in [6, 6.07) is 9.86. The number of hydrogen-bond donors (Lipinski definition) is 2. The first-order chi connectivity index (χ1) is 9.99. The number of aromatic nitrogens is 1. The predicted octanol–water partition coefficient (Wildman–Crippen LogP) is 1.91. The molecule has 0 radical (unpaired) electrons. The third-order valence-electron chi connectivity index (χ3n) is 3.45. The summed E-state index contributed by atoms with van der Waals surface area (Å²) < 4.78 is 0. The molecule has 0 aliphatic rings. The van der Waals surface area contributed by atoms with Gasteiger partial charge in [-0.2, -0.15) is 0 Å². The maximum absolute atomic E-state index is 7.79. The van der Waals surface area contributed by atoms with E-state index in [1.54, 1.807) is 0 Å². The molecule has 0 saturated heterocycles. The number of fused-ring (bicyclic) bond motifs is 1. The van der Waals surface area contributed by atoms with Gasteiger partial charge < -0.3 is 15.5 Å². The van der Waals surface area contributed by atoms with Gasteiger partial charge in [0.1, 0.15) is 11.7 Å². The second kappa shape index (κ2) is 6.54. The average molecular weight is 285 g/mol. The summed E-state index contributed by atoms with van der Waals surface area (Å²) in [5.41, 5.74) is 7.35. The van der Waals surface area contributed by atoms with E-state index in [0.717, 1.165) is 36.2 Å². The van der Waals surface area contributed by atoms with Gasteiger partial charge in [0.2, 0.25) is 0 Å². The molecular formula is C16H23N5. The summed E-state index contributed by atoms with van der Waals surface area (Å²) in [5, 5.41) is 8.80. The number of pyridine rings is 1. The number of hydrogen-bond acceptors (Lipinski definition) is 4. The molecule has 5 heteroatoms. The number of anilines is 1. The van der Waals surface area contributed by atoms with Crippen molar-refractivity contribution in [2.45, 2.75) is 6.42 Å². The van der Waals surface area contributed by atoms with E-state index < -0.39 is 0 Å². The zero-order chi connectivity index (χ0) is 15.4. The number of amidine groups is 1. The molecule has 2 aromatic rings. The van der Waals surface area contributed by atoms with E-state index >= 15 is 0 Å². The fraction of sp³-hybridized carbons (Fsp3) is 0.375. The number of benzene rings is 1. The lowest BCUT2D eigenvalue weighted by molar-refractivity contribution is 0.401. The van der Waals surface area contributed by atoms with Crippen LogP contribution in [0.3, 0.4) is 0 Å². The van der Waals surface area contributed by atoms with Crippen molar-refractivity contribution in [3.8, 4) is 0 Å². The summed E-state index contributed by atoms with van der Waals surface area (Å²) in [4.78, 5) is 8.92. The first kappa shape index (κ1) is 15.3. The number of para-hydroxylation sites is 1. The van der Waals surface area contributed by atoms with E-state index in [2.05, 4.69) is 28.9 Å². The van der Waals surface area contributed by atoms with Crippen LogP contribution >= 0.6 is 0 Å². The highest BCUT2D eigenvalue weighted by atomic mass is 15.2. The van der Waals surface area contributed by atoms with Crippen molar-refractivity contribution in [2.24, 2.45) is 5.73 Å². The quantitative estimate of drug-likeness (QED) is 0.628. The molecule has 0 saturated carbocycles. The fourth-order valence-corrected chi connectivity index (χ4v) is 2.32. The second-order valence-corrected chi connectivity index (χ2v) is 5.54. The Balaban J connectivity index is 2.31. The molecule has 0 spiro atoms. The average Bonchev–Trinajstić information content (AvgIpc) is 2.45.